The van der Waals surface area contributed by atoms with Gasteiger partial charge in [-0.25, -0.2) is 9.97 Å². The largest absolute Gasteiger partial charge is 0.493 e. The molecule has 132 valence electrons. The van der Waals surface area contributed by atoms with Crippen LogP contribution in [0.1, 0.15) is 11.1 Å². The van der Waals surface area contributed by atoms with Gasteiger partial charge in [-0.3, -0.25) is 0 Å². The molecule has 1 N–H and O–H groups in total. The molecule has 1 aliphatic rings. The van der Waals surface area contributed by atoms with Gasteiger partial charge in [0.2, 0.25) is 0 Å². The Hall–Kier alpha value is -3.09. The van der Waals surface area contributed by atoms with E-state index in [1.54, 1.807) is 6.07 Å². The van der Waals surface area contributed by atoms with E-state index in [0.29, 0.717) is 18.1 Å². The average molecular weight is 357 g/mol. The lowest BCUT2D eigenvalue weighted by Crippen LogP contribution is -2.04. The number of hydrogen-bond donors (Lipinski definition) is 1. The predicted molar refractivity (Wildman–Crippen MR) is 91.4 cm³/mol. The monoisotopic (exact) mass is 357 g/mol. The highest BCUT2D eigenvalue weighted by molar-refractivity contribution is 5.67. The molecule has 26 heavy (non-hydrogen) atoms. The van der Waals surface area contributed by atoms with Crippen molar-refractivity contribution in [2.24, 2.45) is 0 Å². The zero-order valence-electron chi connectivity index (χ0n) is 13.5. The van der Waals surface area contributed by atoms with Crippen molar-refractivity contribution in [3.63, 3.8) is 0 Å². The fraction of sp³-hybridized carbons (Fsp3) is 0.158. The third-order valence-corrected chi connectivity index (χ3v) is 4.14. The number of aromatic nitrogens is 2. The Morgan fingerprint density at radius 2 is 1.77 bits per heavy atom. The lowest BCUT2D eigenvalue weighted by Gasteiger charge is -2.10. The van der Waals surface area contributed by atoms with Gasteiger partial charge in [0.15, 0.2) is 0 Å². The van der Waals surface area contributed by atoms with Gasteiger partial charge in [-0.2, -0.15) is 13.2 Å². The van der Waals surface area contributed by atoms with Gasteiger partial charge < -0.3 is 10.1 Å². The summed E-state index contributed by atoms with van der Waals surface area (Å²) in [7, 11) is 0. The molecular weight excluding hydrogens is 343 g/mol. The summed E-state index contributed by atoms with van der Waals surface area (Å²) in [6.45, 7) is 0.684. The van der Waals surface area contributed by atoms with Crippen molar-refractivity contribution in [3.8, 4) is 17.0 Å². The summed E-state index contributed by atoms with van der Waals surface area (Å²) in [6, 6.07) is 12.4. The van der Waals surface area contributed by atoms with Crippen LogP contribution >= 0.6 is 0 Å². The van der Waals surface area contributed by atoms with Gasteiger partial charge in [-0.1, -0.05) is 0 Å². The van der Waals surface area contributed by atoms with Crippen LogP contribution in [0.3, 0.4) is 0 Å². The van der Waals surface area contributed by atoms with Gasteiger partial charge in [-0.15, -0.1) is 0 Å². The van der Waals surface area contributed by atoms with Crippen LogP contribution in [-0.4, -0.2) is 16.6 Å². The van der Waals surface area contributed by atoms with Crippen LogP contribution in [0, 0.1) is 0 Å². The number of halogens is 3. The molecule has 2 aromatic carbocycles. The molecule has 0 bridgehead atoms. The zero-order valence-corrected chi connectivity index (χ0v) is 13.5. The zero-order chi connectivity index (χ0) is 18.1. The van der Waals surface area contributed by atoms with Crippen LogP contribution in [-0.2, 0) is 12.6 Å². The third kappa shape index (κ3) is 3.33. The van der Waals surface area contributed by atoms with E-state index in [2.05, 4.69) is 15.3 Å². The number of anilines is 2. The van der Waals surface area contributed by atoms with Crippen molar-refractivity contribution in [2.75, 3.05) is 11.9 Å². The quantitative estimate of drug-likeness (QED) is 0.729. The number of alkyl halides is 3. The molecule has 0 atom stereocenters. The first-order chi connectivity index (χ1) is 12.5. The lowest BCUT2D eigenvalue weighted by atomic mass is 10.1. The van der Waals surface area contributed by atoms with Crippen molar-refractivity contribution in [1.29, 1.82) is 0 Å². The smallest absolute Gasteiger partial charge is 0.416 e. The summed E-state index contributed by atoms with van der Waals surface area (Å²) < 4.78 is 43.4. The summed E-state index contributed by atoms with van der Waals surface area (Å²) in [4.78, 5) is 8.42. The third-order valence-electron chi connectivity index (χ3n) is 4.14. The maximum atomic E-state index is 12.6. The molecule has 0 fully saturated rings. The molecule has 1 aliphatic heterocycles. The second kappa shape index (κ2) is 6.33. The Bertz CT molecular complexity index is 940. The molecular formula is C19H14F3N3O. The summed E-state index contributed by atoms with van der Waals surface area (Å²) in [6.07, 6.45) is -2.06. The Kier molecular flexibility index (Phi) is 3.99. The number of nitrogens with one attached hydrogen (secondary N) is 1. The summed E-state index contributed by atoms with van der Waals surface area (Å²) in [5, 5.41) is 3.00. The van der Waals surface area contributed by atoms with Crippen molar-refractivity contribution >= 4 is 11.5 Å². The minimum Gasteiger partial charge on any atom is -0.493 e. The van der Waals surface area contributed by atoms with E-state index in [1.807, 2.05) is 18.2 Å². The Morgan fingerprint density at radius 3 is 2.54 bits per heavy atom. The van der Waals surface area contributed by atoms with Crippen molar-refractivity contribution in [3.05, 3.63) is 66.0 Å². The molecule has 0 amide bonds. The van der Waals surface area contributed by atoms with Crippen LogP contribution in [0.5, 0.6) is 5.75 Å². The first-order valence-corrected chi connectivity index (χ1v) is 8.01. The van der Waals surface area contributed by atoms with Crippen LogP contribution < -0.4 is 10.1 Å². The summed E-state index contributed by atoms with van der Waals surface area (Å²) in [5.41, 5.74) is 2.63. The fourth-order valence-corrected chi connectivity index (χ4v) is 2.82. The first-order valence-electron chi connectivity index (χ1n) is 8.01. The standard InChI is InChI=1S/C19H14F3N3O/c20-19(21,22)14-2-4-15(5-3-14)25-18-10-16(23-11-24-18)12-1-6-17-13(9-12)7-8-26-17/h1-6,9-11H,7-8H2,(H,23,24,25). The van der Waals surface area contributed by atoms with Gasteiger partial charge in [0.25, 0.3) is 0 Å². The molecule has 4 rings (SSSR count). The van der Waals surface area contributed by atoms with E-state index in [1.165, 1.54) is 18.5 Å². The molecule has 3 aromatic rings. The summed E-state index contributed by atoms with van der Waals surface area (Å²) >= 11 is 0. The maximum absolute atomic E-state index is 12.6. The SMILES string of the molecule is FC(F)(F)c1ccc(Nc2cc(-c3ccc4c(c3)CCO4)ncn2)cc1. The van der Waals surface area contributed by atoms with E-state index in [4.69, 9.17) is 4.74 Å². The highest BCUT2D eigenvalue weighted by Crippen LogP contribution is 2.32. The van der Waals surface area contributed by atoms with Gasteiger partial charge in [0.05, 0.1) is 17.9 Å². The number of ether oxygens (including phenoxy) is 1. The molecule has 0 aliphatic carbocycles. The van der Waals surface area contributed by atoms with Crippen molar-refractivity contribution < 1.29 is 17.9 Å². The molecule has 7 heteroatoms. The molecule has 0 spiro atoms. The lowest BCUT2D eigenvalue weighted by molar-refractivity contribution is -0.137. The second-order valence-electron chi connectivity index (χ2n) is 5.91. The molecule has 0 saturated carbocycles. The van der Waals surface area contributed by atoms with Crippen LogP contribution in [0.4, 0.5) is 24.7 Å². The van der Waals surface area contributed by atoms with E-state index in [-0.39, 0.29) is 0 Å². The number of hydrogen-bond acceptors (Lipinski definition) is 4. The molecule has 0 unspecified atom stereocenters. The first kappa shape index (κ1) is 16.4. The number of rotatable bonds is 3. The topological polar surface area (TPSA) is 47.0 Å². The molecule has 0 saturated heterocycles. The van der Waals surface area contributed by atoms with E-state index >= 15 is 0 Å². The number of nitrogens with zero attached hydrogens (tertiary/aromatic N) is 2. The minimum atomic E-state index is -4.35. The van der Waals surface area contributed by atoms with Crippen LogP contribution in [0.25, 0.3) is 11.3 Å². The predicted octanol–water partition coefficient (Wildman–Crippen LogP) is 4.84. The van der Waals surface area contributed by atoms with E-state index in [9.17, 15) is 13.2 Å². The van der Waals surface area contributed by atoms with Crippen molar-refractivity contribution in [1.82, 2.24) is 9.97 Å². The highest BCUT2D eigenvalue weighted by atomic mass is 19.4. The molecule has 0 radical (unpaired) electrons. The second-order valence-corrected chi connectivity index (χ2v) is 5.91. The minimum absolute atomic E-state index is 0.506. The number of benzene rings is 2. The van der Waals surface area contributed by atoms with Gasteiger partial charge in [0, 0.05) is 23.7 Å². The van der Waals surface area contributed by atoms with Gasteiger partial charge in [0.1, 0.15) is 17.9 Å². The molecule has 1 aromatic heterocycles. The van der Waals surface area contributed by atoms with E-state index in [0.717, 1.165) is 41.1 Å². The van der Waals surface area contributed by atoms with Crippen LogP contribution in [0.15, 0.2) is 54.9 Å². The summed E-state index contributed by atoms with van der Waals surface area (Å²) in [5.74, 6) is 1.40. The fourth-order valence-electron chi connectivity index (χ4n) is 2.82. The van der Waals surface area contributed by atoms with Gasteiger partial charge >= 0.3 is 6.18 Å². The number of fused-ring (bicyclic) bond motifs is 1. The Labute approximate surface area is 147 Å². The Balaban J connectivity index is 1.56. The molecule has 4 nitrogen and oxygen atoms in total. The highest BCUT2D eigenvalue weighted by Gasteiger charge is 2.29. The van der Waals surface area contributed by atoms with Gasteiger partial charge in [-0.05, 0) is 48.0 Å². The maximum Gasteiger partial charge on any atom is 0.416 e. The molecule has 2 heterocycles. The van der Waals surface area contributed by atoms with Crippen LogP contribution in [0.2, 0.25) is 0 Å². The average Bonchev–Trinajstić information content (AvgIpc) is 3.09. The Morgan fingerprint density at radius 1 is 0.962 bits per heavy atom. The normalized spacial score (nSPS) is 13.2. The van der Waals surface area contributed by atoms with Crippen molar-refractivity contribution in [2.45, 2.75) is 12.6 Å². The van der Waals surface area contributed by atoms with E-state index < -0.39 is 11.7 Å².